The molecule has 1 aliphatic carbocycles. The Kier molecular flexibility index (Phi) is 4.36. The molecule has 2 aromatic rings. The molecule has 0 saturated heterocycles. The SMILES string of the molecule is CC(C)NC(c1cccc(F)c1)c1nc2c(s1)CCCC2. The molecule has 0 saturated carbocycles. The van der Waals surface area contributed by atoms with Crippen LogP contribution in [0.1, 0.15) is 53.9 Å². The molecule has 1 heterocycles. The molecule has 0 aliphatic heterocycles. The maximum Gasteiger partial charge on any atom is 0.123 e. The molecule has 1 aliphatic rings. The van der Waals surface area contributed by atoms with Crippen molar-refractivity contribution in [3.05, 3.63) is 51.2 Å². The van der Waals surface area contributed by atoms with Gasteiger partial charge in [0.2, 0.25) is 0 Å². The summed E-state index contributed by atoms with van der Waals surface area (Å²) in [5.41, 5.74) is 2.21. The van der Waals surface area contributed by atoms with Crippen molar-refractivity contribution in [2.45, 2.75) is 51.6 Å². The number of hydrogen-bond acceptors (Lipinski definition) is 3. The first-order valence-electron chi connectivity index (χ1n) is 7.63. The van der Waals surface area contributed by atoms with Gasteiger partial charge in [0, 0.05) is 10.9 Å². The maximum atomic E-state index is 13.6. The molecule has 2 nitrogen and oxygen atoms in total. The van der Waals surface area contributed by atoms with Crippen molar-refractivity contribution in [3.63, 3.8) is 0 Å². The first-order valence-corrected chi connectivity index (χ1v) is 8.45. The van der Waals surface area contributed by atoms with Crippen molar-refractivity contribution >= 4 is 11.3 Å². The van der Waals surface area contributed by atoms with Gasteiger partial charge >= 0.3 is 0 Å². The second kappa shape index (κ2) is 6.24. The maximum absolute atomic E-state index is 13.6. The highest BCUT2D eigenvalue weighted by Crippen LogP contribution is 2.33. The van der Waals surface area contributed by atoms with Gasteiger partial charge in [-0.15, -0.1) is 11.3 Å². The number of rotatable bonds is 4. The van der Waals surface area contributed by atoms with Gasteiger partial charge in [0.25, 0.3) is 0 Å². The predicted molar refractivity (Wildman–Crippen MR) is 85.3 cm³/mol. The molecule has 0 amide bonds. The smallest absolute Gasteiger partial charge is 0.123 e. The van der Waals surface area contributed by atoms with E-state index in [-0.39, 0.29) is 11.9 Å². The van der Waals surface area contributed by atoms with Crippen LogP contribution >= 0.6 is 11.3 Å². The molecule has 1 N–H and O–H groups in total. The summed E-state index contributed by atoms with van der Waals surface area (Å²) < 4.78 is 13.6. The first kappa shape index (κ1) is 14.7. The highest BCUT2D eigenvalue weighted by Gasteiger charge is 2.23. The standard InChI is InChI=1S/C17H21FN2S/c1-11(2)19-16(12-6-5-7-13(18)10-12)17-20-14-8-3-4-9-15(14)21-17/h5-7,10-11,16,19H,3-4,8-9H2,1-2H3. The molecule has 0 radical (unpaired) electrons. The second-order valence-electron chi connectivity index (χ2n) is 5.94. The lowest BCUT2D eigenvalue weighted by molar-refractivity contribution is 0.522. The highest BCUT2D eigenvalue weighted by molar-refractivity contribution is 7.11. The fourth-order valence-electron chi connectivity index (χ4n) is 2.83. The van der Waals surface area contributed by atoms with Crippen molar-refractivity contribution in [1.82, 2.24) is 10.3 Å². The van der Waals surface area contributed by atoms with E-state index in [0.717, 1.165) is 23.4 Å². The van der Waals surface area contributed by atoms with Gasteiger partial charge in [0.15, 0.2) is 0 Å². The van der Waals surface area contributed by atoms with Crippen LogP contribution in [0.2, 0.25) is 0 Å². The summed E-state index contributed by atoms with van der Waals surface area (Å²) in [5, 5.41) is 4.60. The number of aryl methyl sites for hydroxylation is 2. The van der Waals surface area contributed by atoms with E-state index >= 15 is 0 Å². The van der Waals surface area contributed by atoms with E-state index in [0.29, 0.717) is 6.04 Å². The van der Waals surface area contributed by atoms with Crippen LogP contribution in [0.4, 0.5) is 4.39 Å². The van der Waals surface area contributed by atoms with Gasteiger partial charge in [-0.3, -0.25) is 0 Å². The number of nitrogens with zero attached hydrogens (tertiary/aromatic N) is 1. The van der Waals surface area contributed by atoms with Gasteiger partial charge in [-0.25, -0.2) is 9.37 Å². The lowest BCUT2D eigenvalue weighted by Gasteiger charge is -2.19. The average Bonchev–Trinajstić information content (AvgIpc) is 2.88. The van der Waals surface area contributed by atoms with Crippen molar-refractivity contribution < 1.29 is 4.39 Å². The number of benzene rings is 1. The minimum atomic E-state index is -0.190. The van der Waals surface area contributed by atoms with Gasteiger partial charge < -0.3 is 5.32 Å². The Morgan fingerprint density at radius 1 is 1.24 bits per heavy atom. The highest BCUT2D eigenvalue weighted by atomic mass is 32.1. The molecular weight excluding hydrogens is 283 g/mol. The lowest BCUT2D eigenvalue weighted by atomic mass is 10.0. The van der Waals surface area contributed by atoms with Crippen molar-refractivity contribution in [3.8, 4) is 0 Å². The normalized spacial score (nSPS) is 16.0. The molecule has 3 rings (SSSR count). The number of fused-ring (bicyclic) bond motifs is 1. The quantitative estimate of drug-likeness (QED) is 0.913. The molecule has 112 valence electrons. The molecule has 1 aromatic carbocycles. The Bertz CT molecular complexity index is 598. The molecule has 1 atom stereocenters. The van der Waals surface area contributed by atoms with Crippen LogP contribution in [0, 0.1) is 5.82 Å². The predicted octanol–water partition coefficient (Wildman–Crippen LogP) is 4.25. The Morgan fingerprint density at radius 2 is 2.05 bits per heavy atom. The van der Waals surface area contributed by atoms with Crippen molar-refractivity contribution in [2.75, 3.05) is 0 Å². The number of hydrogen-bond donors (Lipinski definition) is 1. The summed E-state index contributed by atoms with van der Waals surface area (Å²) in [7, 11) is 0. The van der Waals surface area contributed by atoms with Gasteiger partial charge in [0.1, 0.15) is 10.8 Å². The van der Waals surface area contributed by atoms with E-state index in [1.807, 2.05) is 6.07 Å². The van der Waals surface area contributed by atoms with Crippen LogP contribution in [0.3, 0.4) is 0 Å². The minimum absolute atomic E-state index is 0.0173. The van der Waals surface area contributed by atoms with Gasteiger partial charge in [-0.1, -0.05) is 12.1 Å². The van der Waals surface area contributed by atoms with Crippen LogP contribution in [-0.4, -0.2) is 11.0 Å². The fraction of sp³-hybridized carbons (Fsp3) is 0.471. The van der Waals surface area contributed by atoms with E-state index < -0.39 is 0 Å². The van der Waals surface area contributed by atoms with Crippen LogP contribution < -0.4 is 5.32 Å². The summed E-state index contributed by atoms with van der Waals surface area (Å²) in [4.78, 5) is 6.26. The van der Waals surface area contributed by atoms with E-state index in [2.05, 4.69) is 19.2 Å². The molecule has 1 aromatic heterocycles. The molecule has 1 unspecified atom stereocenters. The Morgan fingerprint density at radius 3 is 2.76 bits per heavy atom. The average molecular weight is 304 g/mol. The van der Waals surface area contributed by atoms with E-state index in [4.69, 9.17) is 4.98 Å². The summed E-state index contributed by atoms with van der Waals surface area (Å²) in [5.74, 6) is -0.190. The molecule has 0 spiro atoms. The second-order valence-corrected chi connectivity index (χ2v) is 7.05. The zero-order chi connectivity index (χ0) is 14.8. The Labute approximate surface area is 129 Å². The molecule has 0 fully saturated rings. The topological polar surface area (TPSA) is 24.9 Å². The summed E-state index contributed by atoms with van der Waals surface area (Å²) in [6.07, 6.45) is 4.73. The first-order chi connectivity index (χ1) is 10.1. The third kappa shape index (κ3) is 3.33. The van der Waals surface area contributed by atoms with Gasteiger partial charge in [-0.05, 0) is 57.2 Å². The lowest BCUT2D eigenvalue weighted by Crippen LogP contribution is -2.29. The summed E-state index contributed by atoms with van der Waals surface area (Å²) >= 11 is 1.79. The van der Waals surface area contributed by atoms with E-state index in [1.165, 1.54) is 29.5 Å². The van der Waals surface area contributed by atoms with Crippen molar-refractivity contribution in [1.29, 1.82) is 0 Å². The van der Waals surface area contributed by atoms with Crippen LogP contribution in [-0.2, 0) is 12.8 Å². The summed E-state index contributed by atoms with van der Waals surface area (Å²) in [6, 6.07) is 7.15. The number of halogens is 1. The van der Waals surface area contributed by atoms with Gasteiger partial charge in [-0.2, -0.15) is 0 Å². The number of aromatic nitrogens is 1. The Hall–Kier alpha value is -1.26. The largest absolute Gasteiger partial charge is 0.302 e. The molecule has 21 heavy (non-hydrogen) atoms. The molecule has 0 bridgehead atoms. The minimum Gasteiger partial charge on any atom is -0.302 e. The number of thiazole rings is 1. The summed E-state index contributed by atoms with van der Waals surface area (Å²) in [6.45, 7) is 4.22. The van der Waals surface area contributed by atoms with Crippen molar-refractivity contribution in [2.24, 2.45) is 0 Å². The Balaban J connectivity index is 1.97. The van der Waals surface area contributed by atoms with Gasteiger partial charge in [0.05, 0.1) is 11.7 Å². The fourth-order valence-corrected chi connectivity index (χ4v) is 4.07. The zero-order valence-corrected chi connectivity index (χ0v) is 13.3. The van der Waals surface area contributed by atoms with E-state index in [1.54, 1.807) is 23.5 Å². The van der Waals surface area contributed by atoms with Crippen LogP contribution in [0.25, 0.3) is 0 Å². The zero-order valence-electron chi connectivity index (χ0n) is 12.5. The molecular formula is C17H21FN2S. The van der Waals surface area contributed by atoms with Crippen LogP contribution in [0.5, 0.6) is 0 Å². The number of nitrogens with one attached hydrogen (secondary N) is 1. The third-order valence-electron chi connectivity index (χ3n) is 3.79. The molecule has 4 heteroatoms. The van der Waals surface area contributed by atoms with E-state index in [9.17, 15) is 4.39 Å². The monoisotopic (exact) mass is 304 g/mol. The van der Waals surface area contributed by atoms with Crippen LogP contribution in [0.15, 0.2) is 24.3 Å². The third-order valence-corrected chi connectivity index (χ3v) is 5.01.